The average Bonchev–Trinajstić information content (AvgIpc) is 2.86. The van der Waals surface area contributed by atoms with Gasteiger partial charge in [-0.05, 0) is 31.4 Å². The highest BCUT2D eigenvalue weighted by molar-refractivity contribution is 7.99. The summed E-state index contributed by atoms with van der Waals surface area (Å²) in [5.41, 5.74) is 1.13. The second-order valence-electron chi connectivity index (χ2n) is 5.40. The molecule has 0 N–H and O–H groups in total. The number of thioether (sulfide) groups is 1. The quantitative estimate of drug-likeness (QED) is 0.727. The Morgan fingerprint density at radius 3 is 2.67 bits per heavy atom. The highest BCUT2D eigenvalue weighted by atomic mass is 32.2. The van der Waals surface area contributed by atoms with Gasteiger partial charge in [-0.2, -0.15) is 0 Å². The van der Waals surface area contributed by atoms with E-state index in [-0.39, 0.29) is 0 Å². The molecular formula is C16H23N3OS. The summed E-state index contributed by atoms with van der Waals surface area (Å²) in [7, 11) is 0. The molecule has 2 aromatic rings. The van der Waals surface area contributed by atoms with Crippen molar-refractivity contribution < 1.29 is 4.74 Å². The highest BCUT2D eigenvalue weighted by Gasteiger charge is 2.12. The second kappa shape index (κ2) is 7.50. The van der Waals surface area contributed by atoms with Crippen molar-refractivity contribution in [2.45, 2.75) is 46.0 Å². The Morgan fingerprint density at radius 1 is 1.24 bits per heavy atom. The first-order valence-corrected chi connectivity index (χ1v) is 8.33. The number of hydrogen-bond donors (Lipinski definition) is 0. The molecule has 0 aliphatic rings. The third-order valence-electron chi connectivity index (χ3n) is 3.11. The lowest BCUT2D eigenvalue weighted by Gasteiger charge is -2.10. The summed E-state index contributed by atoms with van der Waals surface area (Å²) in [4.78, 5) is 0. The van der Waals surface area contributed by atoms with E-state index in [1.54, 1.807) is 11.8 Å². The van der Waals surface area contributed by atoms with Crippen molar-refractivity contribution in [1.29, 1.82) is 0 Å². The smallest absolute Gasteiger partial charge is 0.191 e. The van der Waals surface area contributed by atoms with Gasteiger partial charge in [-0.25, -0.2) is 0 Å². The zero-order valence-electron chi connectivity index (χ0n) is 13.2. The van der Waals surface area contributed by atoms with E-state index in [1.807, 2.05) is 31.2 Å². The number of rotatable bonds is 7. The van der Waals surface area contributed by atoms with Crippen LogP contribution in [0.2, 0.25) is 0 Å². The fourth-order valence-corrected chi connectivity index (χ4v) is 2.92. The van der Waals surface area contributed by atoms with Gasteiger partial charge in [-0.15, -0.1) is 10.2 Å². The standard InChI is InChI=1S/C16H23N3OS/c1-5-19-15(17-18-16(19)21-11-12(2)3)10-20-14-9-7-6-8-13(14)4/h6-9,12H,5,10-11H2,1-4H3. The van der Waals surface area contributed by atoms with E-state index in [0.717, 1.165) is 34.6 Å². The van der Waals surface area contributed by atoms with Crippen LogP contribution in [0.1, 0.15) is 32.2 Å². The summed E-state index contributed by atoms with van der Waals surface area (Å²) in [5.74, 6) is 3.48. The molecule has 114 valence electrons. The van der Waals surface area contributed by atoms with Gasteiger partial charge in [-0.3, -0.25) is 0 Å². The zero-order valence-corrected chi connectivity index (χ0v) is 14.0. The Morgan fingerprint density at radius 2 is 2.00 bits per heavy atom. The summed E-state index contributed by atoms with van der Waals surface area (Å²) in [6.45, 7) is 9.89. The zero-order chi connectivity index (χ0) is 15.2. The molecule has 0 fully saturated rings. The summed E-state index contributed by atoms with van der Waals surface area (Å²) in [5, 5.41) is 9.55. The second-order valence-corrected chi connectivity index (χ2v) is 6.39. The third kappa shape index (κ3) is 4.24. The van der Waals surface area contributed by atoms with Crippen molar-refractivity contribution in [3.05, 3.63) is 35.7 Å². The molecule has 0 radical (unpaired) electrons. The van der Waals surface area contributed by atoms with Crippen LogP contribution in [0.4, 0.5) is 0 Å². The van der Waals surface area contributed by atoms with Crippen LogP contribution in [-0.4, -0.2) is 20.5 Å². The Bertz CT molecular complexity index is 581. The maximum atomic E-state index is 5.87. The van der Waals surface area contributed by atoms with Crippen LogP contribution in [0, 0.1) is 12.8 Å². The molecule has 5 heteroatoms. The van der Waals surface area contributed by atoms with Gasteiger partial charge in [0.2, 0.25) is 0 Å². The predicted octanol–water partition coefficient (Wildman–Crippen LogP) is 3.93. The van der Waals surface area contributed by atoms with Crippen LogP contribution >= 0.6 is 11.8 Å². The molecular weight excluding hydrogens is 282 g/mol. The van der Waals surface area contributed by atoms with Crippen molar-refractivity contribution in [1.82, 2.24) is 14.8 Å². The largest absolute Gasteiger partial charge is 0.485 e. The van der Waals surface area contributed by atoms with E-state index in [4.69, 9.17) is 4.74 Å². The number of ether oxygens (including phenoxy) is 1. The third-order valence-corrected chi connectivity index (χ3v) is 4.50. The van der Waals surface area contributed by atoms with Gasteiger partial charge in [0.1, 0.15) is 12.4 Å². The molecule has 4 nitrogen and oxygen atoms in total. The van der Waals surface area contributed by atoms with Crippen LogP contribution in [0.25, 0.3) is 0 Å². The number of nitrogens with zero attached hydrogens (tertiary/aromatic N) is 3. The van der Waals surface area contributed by atoms with E-state index in [9.17, 15) is 0 Å². The number of para-hydroxylation sites is 1. The van der Waals surface area contributed by atoms with Crippen LogP contribution < -0.4 is 4.74 Å². The van der Waals surface area contributed by atoms with Gasteiger partial charge in [0.15, 0.2) is 11.0 Å². The Labute approximate surface area is 130 Å². The molecule has 0 saturated carbocycles. The Balaban J connectivity index is 2.05. The molecule has 0 unspecified atom stereocenters. The summed E-state index contributed by atoms with van der Waals surface area (Å²) in [6, 6.07) is 8.02. The van der Waals surface area contributed by atoms with E-state index in [1.165, 1.54) is 0 Å². The van der Waals surface area contributed by atoms with Crippen molar-refractivity contribution in [3.63, 3.8) is 0 Å². The maximum absolute atomic E-state index is 5.87. The lowest BCUT2D eigenvalue weighted by molar-refractivity contribution is 0.286. The van der Waals surface area contributed by atoms with Crippen molar-refractivity contribution in [2.24, 2.45) is 5.92 Å². The van der Waals surface area contributed by atoms with Gasteiger partial charge in [0.05, 0.1) is 0 Å². The molecule has 21 heavy (non-hydrogen) atoms. The van der Waals surface area contributed by atoms with E-state index >= 15 is 0 Å². The molecule has 1 heterocycles. The van der Waals surface area contributed by atoms with Crippen molar-refractivity contribution in [2.75, 3.05) is 5.75 Å². The minimum absolute atomic E-state index is 0.452. The fourth-order valence-electron chi connectivity index (χ4n) is 1.95. The topological polar surface area (TPSA) is 39.9 Å². The first-order chi connectivity index (χ1) is 10.1. The number of aromatic nitrogens is 3. The average molecular weight is 305 g/mol. The Kier molecular flexibility index (Phi) is 5.67. The fraction of sp³-hybridized carbons (Fsp3) is 0.500. The molecule has 2 rings (SSSR count). The normalized spacial score (nSPS) is 11.1. The van der Waals surface area contributed by atoms with Crippen molar-refractivity contribution >= 4 is 11.8 Å². The van der Waals surface area contributed by atoms with E-state index in [2.05, 4.69) is 35.5 Å². The van der Waals surface area contributed by atoms with E-state index < -0.39 is 0 Å². The molecule has 0 spiro atoms. The summed E-state index contributed by atoms with van der Waals surface area (Å²) < 4.78 is 8.00. The molecule has 0 amide bonds. The molecule has 0 saturated heterocycles. The van der Waals surface area contributed by atoms with Crippen LogP contribution in [0.5, 0.6) is 5.75 Å². The first-order valence-electron chi connectivity index (χ1n) is 7.35. The summed E-state index contributed by atoms with van der Waals surface area (Å²) >= 11 is 1.76. The number of aryl methyl sites for hydroxylation is 1. The van der Waals surface area contributed by atoms with Crippen LogP contribution in [0.3, 0.4) is 0 Å². The molecule has 1 aromatic heterocycles. The van der Waals surface area contributed by atoms with E-state index in [0.29, 0.717) is 12.5 Å². The van der Waals surface area contributed by atoms with Gasteiger partial charge in [0.25, 0.3) is 0 Å². The summed E-state index contributed by atoms with van der Waals surface area (Å²) in [6.07, 6.45) is 0. The number of hydrogen-bond acceptors (Lipinski definition) is 4. The highest BCUT2D eigenvalue weighted by Crippen LogP contribution is 2.21. The lowest BCUT2D eigenvalue weighted by Crippen LogP contribution is -2.07. The number of benzene rings is 1. The lowest BCUT2D eigenvalue weighted by atomic mass is 10.2. The first kappa shape index (κ1) is 15.9. The van der Waals surface area contributed by atoms with Gasteiger partial charge < -0.3 is 9.30 Å². The predicted molar refractivity (Wildman–Crippen MR) is 86.8 cm³/mol. The van der Waals surface area contributed by atoms with Crippen LogP contribution in [-0.2, 0) is 13.2 Å². The maximum Gasteiger partial charge on any atom is 0.191 e. The molecule has 0 bridgehead atoms. The van der Waals surface area contributed by atoms with Gasteiger partial charge >= 0.3 is 0 Å². The van der Waals surface area contributed by atoms with Gasteiger partial charge in [-0.1, -0.05) is 43.8 Å². The molecule has 1 aromatic carbocycles. The SMILES string of the molecule is CCn1c(COc2ccccc2C)nnc1SCC(C)C. The Hall–Kier alpha value is -1.49. The molecule has 0 aliphatic heterocycles. The molecule has 0 atom stereocenters. The molecule has 0 aliphatic carbocycles. The van der Waals surface area contributed by atoms with Crippen molar-refractivity contribution in [3.8, 4) is 5.75 Å². The van der Waals surface area contributed by atoms with Gasteiger partial charge in [0, 0.05) is 12.3 Å². The minimum Gasteiger partial charge on any atom is -0.485 e. The van der Waals surface area contributed by atoms with Crippen LogP contribution in [0.15, 0.2) is 29.4 Å². The monoisotopic (exact) mass is 305 g/mol. The minimum atomic E-state index is 0.452.